The molecule has 0 aromatic carbocycles. The van der Waals surface area contributed by atoms with Crippen LogP contribution in [0.5, 0.6) is 0 Å². The molecular weight excluding hydrogens is 200 g/mol. The van der Waals surface area contributed by atoms with E-state index in [9.17, 15) is 0 Å². The highest BCUT2D eigenvalue weighted by atomic mass is 35.5. The van der Waals surface area contributed by atoms with Crippen molar-refractivity contribution in [3.8, 4) is 0 Å². The third-order valence-corrected chi connectivity index (χ3v) is 2.34. The molecular formula is C10H13ClN2O. The molecule has 2 rings (SSSR count). The third-order valence-electron chi connectivity index (χ3n) is 2.15. The molecule has 1 aromatic heterocycles. The number of hydrogen-bond donors (Lipinski definition) is 0. The Morgan fingerprint density at radius 3 is 2.93 bits per heavy atom. The Bertz CT molecular complexity index is 306. The number of rotatable bonds is 4. The highest BCUT2D eigenvalue weighted by Gasteiger charge is 2.21. The molecule has 1 aromatic rings. The molecule has 0 unspecified atom stereocenters. The van der Waals surface area contributed by atoms with Crippen LogP contribution in [-0.4, -0.2) is 16.6 Å². The van der Waals surface area contributed by atoms with Crippen molar-refractivity contribution in [2.24, 2.45) is 5.92 Å². The largest absolute Gasteiger partial charge is 0.373 e. The summed E-state index contributed by atoms with van der Waals surface area (Å²) in [6.45, 7) is 3.20. The van der Waals surface area contributed by atoms with E-state index in [4.69, 9.17) is 16.3 Å². The maximum absolute atomic E-state index is 5.80. The zero-order valence-electron chi connectivity index (χ0n) is 8.16. The van der Waals surface area contributed by atoms with Crippen molar-refractivity contribution >= 4 is 11.6 Å². The first-order valence-electron chi connectivity index (χ1n) is 4.82. The first kappa shape index (κ1) is 9.87. The molecule has 4 heteroatoms. The second kappa shape index (κ2) is 4.24. The van der Waals surface area contributed by atoms with Crippen molar-refractivity contribution in [1.29, 1.82) is 0 Å². The molecule has 1 heterocycles. The Kier molecular flexibility index (Phi) is 2.99. The number of nitrogens with zero attached hydrogens (tertiary/aromatic N) is 2. The minimum Gasteiger partial charge on any atom is -0.373 e. The zero-order valence-corrected chi connectivity index (χ0v) is 8.92. The fourth-order valence-electron chi connectivity index (χ4n) is 1.25. The summed E-state index contributed by atoms with van der Waals surface area (Å²) in [7, 11) is 0. The standard InChI is InChI=1S/C10H13ClN2O/c1-7-4-9(11)13-10(12-7)6-14-5-8-2-3-8/h4,8H,2-3,5-6H2,1H3. The smallest absolute Gasteiger partial charge is 0.155 e. The summed E-state index contributed by atoms with van der Waals surface area (Å²) < 4.78 is 5.47. The van der Waals surface area contributed by atoms with Crippen LogP contribution < -0.4 is 0 Å². The summed E-state index contributed by atoms with van der Waals surface area (Å²) in [5.41, 5.74) is 0.884. The van der Waals surface area contributed by atoms with Crippen molar-refractivity contribution in [3.63, 3.8) is 0 Å². The summed E-state index contributed by atoms with van der Waals surface area (Å²) in [4.78, 5) is 8.31. The monoisotopic (exact) mass is 212 g/mol. The maximum Gasteiger partial charge on any atom is 0.155 e. The minimum atomic E-state index is 0.470. The van der Waals surface area contributed by atoms with Crippen LogP contribution in [0.1, 0.15) is 24.4 Å². The van der Waals surface area contributed by atoms with Gasteiger partial charge in [-0.25, -0.2) is 9.97 Å². The van der Waals surface area contributed by atoms with Gasteiger partial charge in [0.25, 0.3) is 0 Å². The second-order valence-electron chi connectivity index (χ2n) is 3.71. The summed E-state index contributed by atoms with van der Waals surface area (Å²) in [6, 6.07) is 1.74. The molecule has 0 radical (unpaired) electrons. The van der Waals surface area contributed by atoms with Crippen LogP contribution in [0.4, 0.5) is 0 Å². The first-order chi connectivity index (χ1) is 6.74. The summed E-state index contributed by atoms with van der Waals surface area (Å²) >= 11 is 5.80. The molecule has 1 aliphatic rings. The first-order valence-corrected chi connectivity index (χ1v) is 5.19. The molecule has 0 bridgehead atoms. The Hall–Kier alpha value is -0.670. The van der Waals surface area contributed by atoms with Gasteiger partial charge in [0.2, 0.25) is 0 Å². The molecule has 1 fully saturated rings. The number of halogens is 1. The Balaban J connectivity index is 1.87. The number of hydrogen-bond acceptors (Lipinski definition) is 3. The van der Waals surface area contributed by atoms with E-state index >= 15 is 0 Å². The highest BCUT2D eigenvalue weighted by molar-refractivity contribution is 6.29. The van der Waals surface area contributed by atoms with Crippen molar-refractivity contribution < 1.29 is 4.74 Å². The van der Waals surface area contributed by atoms with E-state index in [1.807, 2.05) is 6.92 Å². The molecule has 0 atom stereocenters. The van der Waals surface area contributed by atoms with Gasteiger partial charge < -0.3 is 4.74 Å². The lowest BCUT2D eigenvalue weighted by molar-refractivity contribution is 0.106. The van der Waals surface area contributed by atoms with Crippen molar-refractivity contribution in [3.05, 3.63) is 22.7 Å². The van der Waals surface area contributed by atoms with E-state index in [1.165, 1.54) is 12.8 Å². The Labute approximate surface area is 88.5 Å². The van der Waals surface area contributed by atoms with Crippen LogP contribution >= 0.6 is 11.6 Å². The van der Waals surface area contributed by atoms with Crippen LogP contribution in [0.2, 0.25) is 5.15 Å². The lowest BCUT2D eigenvalue weighted by Gasteiger charge is -2.03. The molecule has 0 spiro atoms. The molecule has 0 saturated heterocycles. The van der Waals surface area contributed by atoms with Crippen LogP contribution in [0.3, 0.4) is 0 Å². The Morgan fingerprint density at radius 2 is 2.29 bits per heavy atom. The van der Waals surface area contributed by atoms with E-state index in [-0.39, 0.29) is 0 Å². The quantitative estimate of drug-likeness (QED) is 0.719. The van der Waals surface area contributed by atoms with Gasteiger partial charge in [0, 0.05) is 12.3 Å². The van der Waals surface area contributed by atoms with Gasteiger partial charge in [-0.15, -0.1) is 0 Å². The SMILES string of the molecule is Cc1cc(Cl)nc(COCC2CC2)n1. The van der Waals surface area contributed by atoms with Crippen LogP contribution in [0.15, 0.2) is 6.07 Å². The van der Waals surface area contributed by atoms with Gasteiger partial charge in [-0.1, -0.05) is 11.6 Å². The zero-order chi connectivity index (χ0) is 9.97. The van der Waals surface area contributed by atoms with Crippen LogP contribution in [0.25, 0.3) is 0 Å². The van der Waals surface area contributed by atoms with Gasteiger partial charge in [-0.05, 0) is 31.7 Å². The molecule has 0 N–H and O–H groups in total. The van der Waals surface area contributed by atoms with Crippen molar-refractivity contribution in [1.82, 2.24) is 9.97 Å². The third kappa shape index (κ3) is 2.93. The maximum atomic E-state index is 5.80. The van der Waals surface area contributed by atoms with Gasteiger partial charge in [-0.2, -0.15) is 0 Å². The van der Waals surface area contributed by atoms with Gasteiger partial charge in [-0.3, -0.25) is 0 Å². The van der Waals surface area contributed by atoms with Gasteiger partial charge in [0.1, 0.15) is 11.8 Å². The molecule has 0 amide bonds. The lowest BCUT2D eigenvalue weighted by atomic mass is 10.4. The van der Waals surface area contributed by atoms with Crippen molar-refractivity contribution in [2.75, 3.05) is 6.61 Å². The number of ether oxygens (including phenoxy) is 1. The van der Waals surface area contributed by atoms with Gasteiger partial charge in [0.15, 0.2) is 5.82 Å². The normalized spacial score (nSPS) is 15.9. The molecule has 1 aliphatic carbocycles. The summed E-state index contributed by atoms with van der Waals surface area (Å²) in [5, 5.41) is 0.488. The van der Waals surface area contributed by atoms with Gasteiger partial charge in [0.05, 0.1) is 0 Å². The molecule has 1 saturated carbocycles. The average Bonchev–Trinajstić information content (AvgIpc) is 2.86. The summed E-state index contributed by atoms with van der Waals surface area (Å²) in [5.74, 6) is 1.45. The highest BCUT2D eigenvalue weighted by Crippen LogP contribution is 2.28. The number of aromatic nitrogens is 2. The van der Waals surface area contributed by atoms with E-state index in [0.29, 0.717) is 17.6 Å². The predicted molar refractivity (Wildman–Crippen MR) is 54.2 cm³/mol. The van der Waals surface area contributed by atoms with E-state index in [0.717, 1.165) is 18.2 Å². The van der Waals surface area contributed by atoms with Crippen LogP contribution in [0, 0.1) is 12.8 Å². The molecule has 14 heavy (non-hydrogen) atoms. The summed E-state index contributed by atoms with van der Waals surface area (Å²) in [6.07, 6.45) is 2.60. The fraction of sp³-hybridized carbons (Fsp3) is 0.600. The number of aryl methyl sites for hydroxylation is 1. The second-order valence-corrected chi connectivity index (χ2v) is 4.09. The van der Waals surface area contributed by atoms with E-state index < -0.39 is 0 Å². The van der Waals surface area contributed by atoms with E-state index in [2.05, 4.69) is 9.97 Å². The van der Waals surface area contributed by atoms with E-state index in [1.54, 1.807) is 6.07 Å². The van der Waals surface area contributed by atoms with Crippen LogP contribution in [-0.2, 0) is 11.3 Å². The topological polar surface area (TPSA) is 35.0 Å². The fourth-order valence-corrected chi connectivity index (χ4v) is 1.51. The Morgan fingerprint density at radius 1 is 1.50 bits per heavy atom. The molecule has 76 valence electrons. The van der Waals surface area contributed by atoms with Crippen molar-refractivity contribution in [2.45, 2.75) is 26.4 Å². The van der Waals surface area contributed by atoms with Gasteiger partial charge >= 0.3 is 0 Å². The molecule has 0 aliphatic heterocycles. The average molecular weight is 213 g/mol. The molecule has 3 nitrogen and oxygen atoms in total. The minimum absolute atomic E-state index is 0.470. The lowest BCUT2D eigenvalue weighted by Crippen LogP contribution is -2.02. The predicted octanol–water partition coefficient (Wildman–Crippen LogP) is 2.37.